The summed E-state index contributed by atoms with van der Waals surface area (Å²) >= 11 is 0. The molecule has 1 aliphatic rings. The minimum absolute atomic E-state index is 0.427. The van der Waals surface area contributed by atoms with E-state index in [4.69, 9.17) is 9.72 Å². The maximum absolute atomic E-state index is 5.46. The van der Waals surface area contributed by atoms with E-state index in [9.17, 15) is 0 Å². The zero-order valence-electron chi connectivity index (χ0n) is 16.5. The highest BCUT2D eigenvalue weighted by Gasteiger charge is 2.20. The van der Waals surface area contributed by atoms with Crippen molar-refractivity contribution in [1.82, 2.24) is 24.6 Å². The maximum atomic E-state index is 5.46. The van der Waals surface area contributed by atoms with Gasteiger partial charge in [0.15, 0.2) is 0 Å². The zero-order chi connectivity index (χ0) is 19.6. The lowest BCUT2D eigenvalue weighted by atomic mass is 9.87. The van der Waals surface area contributed by atoms with E-state index in [-0.39, 0.29) is 0 Å². The van der Waals surface area contributed by atoms with Crippen LogP contribution in [0.4, 0.5) is 5.95 Å². The Balaban J connectivity index is 1.33. The van der Waals surface area contributed by atoms with Crippen molar-refractivity contribution in [2.24, 2.45) is 5.92 Å². The Labute approximate surface area is 169 Å². The number of nitrogens with one attached hydrogen (secondary N) is 1. The van der Waals surface area contributed by atoms with Gasteiger partial charge in [-0.2, -0.15) is 0 Å². The van der Waals surface area contributed by atoms with Crippen LogP contribution in [0.15, 0.2) is 48.9 Å². The van der Waals surface area contributed by atoms with Gasteiger partial charge in [0.1, 0.15) is 0 Å². The third kappa shape index (κ3) is 3.65. The second kappa shape index (κ2) is 7.75. The molecule has 1 aliphatic carbocycles. The molecule has 0 atom stereocenters. The molecule has 7 heteroatoms. The van der Waals surface area contributed by atoms with Gasteiger partial charge in [0.2, 0.25) is 5.95 Å². The number of hydrogen-bond donors (Lipinski definition) is 1. The van der Waals surface area contributed by atoms with Crippen LogP contribution < -0.4 is 5.32 Å². The highest BCUT2D eigenvalue weighted by atomic mass is 16.5. The molecule has 148 valence electrons. The molecule has 0 spiro atoms. The van der Waals surface area contributed by atoms with E-state index in [1.165, 1.54) is 12.8 Å². The highest BCUT2D eigenvalue weighted by molar-refractivity contribution is 5.83. The monoisotopic (exact) mass is 388 g/mol. The summed E-state index contributed by atoms with van der Waals surface area (Å²) in [6.07, 6.45) is 10.7. The molecule has 1 N–H and O–H groups in total. The van der Waals surface area contributed by atoms with Crippen LogP contribution in [-0.2, 0) is 4.74 Å². The Bertz CT molecular complexity index is 1130. The van der Waals surface area contributed by atoms with Crippen LogP contribution in [0.2, 0.25) is 0 Å². The molecule has 0 aromatic carbocycles. The third-order valence-corrected chi connectivity index (χ3v) is 5.82. The van der Waals surface area contributed by atoms with Crippen molar-refractivity contribution in [3.63, 3.8) is 0 Å². The predicted octanol–water partition coefficient (Wildman–Crippen LogP) is 3.96. The van der Waals surface area contributed by atoms with E-state index in [0.717, 1.165) is 47.2 Å². The van der Waals surface area contributed by atoms with Crippen LogP contribution >= 0.6 is 0 Å². The Kier molecular flexibility index (Phi) is 4.81. The molecule has 7 nitrogen and oxygen atoms in total. The lowest BCUT2D eigenvalue weighted by Gasteiger charge is -2.27. The largest absolute Gasteiger partial charge is 0.381 e. The van der Waals surface area contributed by atoms with Crippen LogP contribution in [0.3, 0.4) is 0 Å². The molecule has 29 heavy (non-hydrogen) atoms. The summed E-state index contributed by atoms with van der Waals surface area (Å²) in [5, 5.41) is 8.03. The molecule has 0 unspecified atom stereocenters. The number of nitrogens with zero attached hydrogens (tertiary/aromatic N) is 5. The van der Waals surface area contributed by atoms with Crippen molar-refractivity contribution < 1.29 is 4.74 Å². The summed E-state index contributed by atoms with van der Waals surface area (Å²) in [4.78, 5) is 13.6. The van der Waals surface area contributed by atoms with E-state index < -0.39 is 0 Å². The zero-order valence-corrected chi connectivity index (χ0v) is 16.5. The van der Waals surface area contributed by atoms with Gasteiger partial charge in [-0.25, -0.2) is 14.5 Å². The number of fused-ring (bicyclic) bond motifs is 2. The minimum Gasteiger partial charge on any atom is -0.381 e. The SMILES string of the molecule is COC1CCC(CNc2ncc3c(-c4ccc5ncccc5n4)ccn3n2)CC1. The molecular formula is C22H24N6O. The van der Waals surface area contributed by atoms with Crippen molar-refractivity contribution in [3.8, 4) is 11.3 Å². The number of methoxy groups -OCH3 is 1. The Morgan fingerprint density at radius 1 is 1.07 bits per heavy atom. The molecule has 5 rings (SSSR count). The normalized spacial score (nSPS) is 19.6. The summed E-state index contributed by atoms with van der Waals surface area (Å²) in [5.74, 6) is 1.31. The van der Waals surface area contributed by atoms with Gasteiger partial charge >= 0.3 is 0 Å². The summed E-state index contributed by atoms with van der Waals surface area (Å²) in [5.41, 5.74) is 4.62. The fraction of sp³-hybridized carbons (Fsp3) is 0.364. The predicted molar refractivity (Wildman–Crippen MR) is 113 cm³/mol. The molecule has 0 amide bonds. The van der Waals surface area contributed by atoms with E-state index in [2.05, 4.69) is 20.4 Å². The van der Waals surface area contributed by atoms with Crippen molar-refractivity contribution in [3.05, 3.63) is 48.9 Å². The molecule has 4 aromatic heterocycles. The summed E-state index contributed by atoms with van der Waals surface area (Å²) in [7, 11) is 1.81. The van der Waals surface area contributed by atoms with Gasteiger partial charge in [0.25, 0.3) is 0 Å². The number of aromatic nitrogens is 5. The first-order valence-electron chi connectivity index (χ1n) is 10.1. The fourth-order valence-electron chi connectivity index (χ4n) is 4.11. The summed E-state index contributed by atoms with van der Waals surface area (Å²) in [6, 6.07) is 9.90. The first-order chi connectivity index (χ1) is 14.3. The van der Waals surface area contributed by atoms with Crippen molar-refractivity contribution in [1.29, 1.82) is 0 Å². The van der Waals surface area contributed by atoms with E-state index in [0.29, 0.717) is 18.0 Å². The average molecular weight is 388 g/mol. The number of hydrogen-bond acceptors (Lipinski definition) is 6. The average Bonchev–Trinajstić information content (AvgIpc) is 3.21. The smallest absolute Gasteiger partial charge is 0.241 e. The van der Waals surface area contributed by atoms with Gasteiger partial charge in [0.05, 0.1) is 34.5 Å². The number of pyridine rings is 2. The standard InChI is InChI=1S/C22H24N6O/c1-29-16-6-4-15(5-7-16)13-24-22-25-14-21-17(10-12-28(21)27-22)18-8-9-19-20(26-18)3-2-11-23-19/h2-3,8-12,14-16H,4-7,13H2,1H3,(H,24,27). The van der Waals surface area contributed by atoms with Crippen LogP contribution in [0, 0.1) is 5.92 Å². The topological polar surface area (TPSA) is 77.2 Å². The quantitative estimate of drug-likeness (QED) is 0.558. The van der Waals surface area contributed by atoms with E-state index >= 15 is 0 Å². The summed E-state index contributed by atoms with van der Waals surface area (Å²) < 4.78 is 7.32. The molecule has 1 fully saturated rings. The molecule has 0 aliphatic heterocycles. The fourth-order valence-corrected chi connectivity index (χ4v) is 4.11. The lowest BCUT2D eigenvalue weighted by Crippen LogP contribution is -2.25. The van der Waals surface area contributed by atoms with Crippen molar-refractivity contribution in [2.45, 2.75) is 31.8 Å². The van der Waals surface area contributed by atoms with Gasteiger partial charge in [-0.05, 0) is 61.9 Å². The molecule has 0 saturated heterocycles. The first-order valence-corrected chi connectivity index (χ1v) is 10.1. The van der Waals surface area contributed by atoms with Crippen LogP contribution in [-0.4, -0.2) is 44.3 Å². The molecule has 0 radical (unpaired) electrons. The van der Waals surface area contributed by atoms with Crippen LogP contribution in [0.1, 0.15) is 25.7 Å². The number of anilines is 1. The maximum Gasteiger partial charge on any atom is 0.241 e. The number of rotatable bonds is 5. The first kappa shape index (κ1) is 18.0. The molecule has 4 heterocycles. The van der Waals surface area contributed by atoms with Crippen molar-refractivity contribution in [2.75, 3.05) is 19.0 Å². The van der Waals surface area contributed by atoms with E-state index in [1.54, 1.807) is 6.20 Å². The van der Waals surface area contributed by atoms with Gasteiger partial charge in [-0.3, -0.25) is 4.98 Å². The van der Waals surface area contributed by atoms with Crippen LogP contribution in [0.5, 0.6) is 0 Å². The van der Waals surface area contributed by atoms with Gasteiger partial charge in [-0.1, -0.05) is 0 Å². The molecule has 0 bridgehead atoms. The summed E-state index contributed by atoms with van der Waals surface area (Å²) in [6.45, 7) is 0.898. The Morgan fingerprint density at radius 3 is 2.83 bits per heavy atom. The van der Waals surface area contributed by atoms with E-state index in [1.807, 2.05) is 54.4 Å². The minimum atomic E-state index is 0.427. The van der Waals surface area contributed by atoms with Gasteiger partial charge in [-0.15, -0.1) is 5.10 Å². The second-order valence-corrected chi connectivity index (χ2v) is 7.64. The van der Waals surface area contributed by atoms with Crippen LogP contribution in [0.25, 0.3) is 27.8 Å². The molecule has 4 aromatic rings. The third-order valence-electron chi connectivity index (χ3n) is 5.82. The van der Waals surface area contributed by atoms with Gasteiger partial charge < -0.3 is 10.1 Å². The van der Waals surface area contributed by atoms with Crippen molar-refractivity contribution >= 4 is 22.5 Å². The molecule has 1 saturated carbocycles. The Hall–Kier alpha value is -3.06. The molecular weight excluding hydrogens is 364 g/mol. The van der Waals surface area contributed by atoms with Gasteiger partial charge in [0, 0.05) is 31.6 Å². The Morgan fingerprint density at radius 2 is 1.97 bits per heavy atom. The second-order valence-electron chi connectivity index (χ2n) is 7.64. The lowest BCUT2D eigenvalue weighted by molar-refractivity contribution is 0.0585. The number of ether oxygens (including phenoxy) is 1. The highest BCUT2D eigenvalue weighted by Crippen LogP contribution is 2.27.